The number of thiazole rings is 1. The standard InChI is InChI=1S/C20H21N3O3S/c1-11-17(12(2)23-18(11)13(3)24)19(25)21-9-14-10-22-20(27-14)15-7-5-6-8-16(15)26-4/h5-8,10,23H,9H2,1-4H3,(H,21,25). The van der Waals surface area contributed by atoms with Crippen LogP contribution in [0, 0.1) is 13.8 Å². The van der Waals surface area contributed by atoms with Crippen LogP contribution in [0.1, 0.15) is 43.9 Å². The second kappa shape index (κ2) is 7.75. The van der Waals surface area contributed by atoms with Crippen molar-refractivity contribution in [1.82, 2.24) is 15.3 Å². The Bertz CT molecular complexity index is 1000. The number of Topliss-reactive ketones (excluding diaryl/α,β-unsaturated/α-hetero) is 1. The van der Waals surface area contributed by atoms with Gasteiger partial charge in [-0.2, -0.15) is 0 Å². The lowest BCUT2D eigenvalue weighted by molar-refractivity contribution is 0.0950. The van der Waals surface area contributed by atoms with Crippen LogP contribution in [0.15, 0.2) is 30.5 Å². The number of ether oxygens (including phenoxy) is 1. The van der Waals surface area contributed by atoms with E-state index in [1.807, 2.05) is 24.3 Å². The first-order valence-electron chi connectivity index (χ1n) is 8.48. The Morgan fingerprint density at radius 1 is 1.26 bits per heavy atom. The van der Waals surface area contributed by atoms with Crippen molar-refractivity contribution in [3.8, 4) is 16.3 Å². The van der Waals surface area contributed by atoms with Gasteiger partial charge < -0.3 is 15.0 Å². The number of aromatic amines is 1. The van der Waals surface area contributed by atoms with Crippen molar-refractivity contribution in [2.24, 2.45) is 0 Å². The summed E-state index contributed by atoms with van der Waals surface area (Å²) in [7, 11) is 1.63. The molecule has 27 heavy (non-hydrogen) atoms. The zero-order chi connectivity index (χ0) is 19.6. The van der Waals surface area contributed by atoms with E-state index >= 15 is 0 Å². The predicted molar refractivity (Wildman–Crippen MR) is 106 cm³/mol. The summed E-state index contributed by atoms with van der Waals surface area (Å²) in [6.07, 6.45) is 1.75. The van der Waals surface area contributed by atoms with Crippen LogP contribution in [-0.4, -0.2) is 28.8 Å². The number of amides is 1. The smallest absolute Gasteiger partial charge is 0.253 e. The molecule has 0 aliphatic carbocycles. The number of nitrogens with one attached hydrogen (secondary N) is 2. The number of hydrogen-bond donors (Lipinski definition) is 2. The molecule has 3 aromatic rings. The van der Waals surface area contributed by atoms with Crippen LogP contribution in [0.5, 0.6) is 5.75 Å². The molecule has 0 aliphatic rings. The minimum Gasteiger partial charge on any atom is -0.496 e. The second-order valence-corrected chi connectivity index (χ2v) is 7.31. The van der Waals surface area contributed by atoms with Gasteiger partial charge in [-0.05, 0) is 31.5 Å². The predicted octanol–water partition coefficient (Wildman–Crippen LogP) is 3.90. The van der Waals surface area contributed by atoms with Gasteiger partial charge in [0.1, 0.15) is 10.8 Å². The maximum Gasteiger partial charge on any atom is 0.253 e. The molecule has 3 rings (SSSR count). The summed E-state index contributed by atoms with van der Waals surface area (Å²) < 4.78 is 5.38. The highest BCUT2D eigenvalue weighted by molar-refractivity contribution is 7.15. The van der Waals surface area contributed by atoms with E-state index in [0.717, 1.165) is 21.2 Å². The average molecular weight is 383 g/mol. The van der Waals surface area contributed by atoms with E-state index in [4.69, 9.17) is 4.74 Å². The Morgan fingerprint density at radius 3 is 2.67 bits per heavy atom. The fourth-order valence-electron chi connectivity index (χ4n) is 3.03. The maximum atomic E-state index is 12.6. The van der Waals surface area contributed by atoms with Gasteiger partial charge in [0.15, 0.2) is 5.78 Å². The molecule has 2 heterocycles. The quantitative estimate of drug-likeness (QED) is 0.633. The first kappa shape index (κ1) is 18.8. The van der Waals surface area contributed by atoms with Crippen LogP contribution in [0.2, 0.25) is 0 Å². The first-order chi connectivity index (χ1) is 12.9. The molecule has 0 radical (unpaired) electrons. The van der Waals surface area contributed by atoms with Gasteiger partial charge in [-0.15, -0.1) is 11.3 Å². The van der Waals surface area contributed by atoms with Gasteiger partial charge in [-0.25, -0.2) is 4.98 Å². The van der Waals surface area contributed by atoms with E-state index in [-0.39, 0.29) is 11.7 Å². The number of methoxy groups -OCH3 is 1. The zero-order valence-electron chi connectivity index (χ0n) is 15.7. The number of H-pyrrole nitrogens is 1. The SMILES string of the molecule is COc1ccccc1-c1ncc(CNC(=O)c2c(C)[nH]c(C(C)=O)c2C)s1. The molecule has 0 atom stereocenters. The highest BCUT2D eigenvalue weighted by Gasteiger charge is 2.20. The van der Waals surface area contributed by atoms with E-state index in [0.29, 0.717) is 29.1 Å². The fraction of sp³-hybridized carbons (Fsp3) is 0.250. The van der Waals surface area contributed by atoms with Crippen molar-refractivity contribution in [3.63, 3.8) is 0 Å². The molecule has 2 N–H and O–H groups in total. The number of rotatable bonds is 6. The van der Waals surface area contributed by atoms with E-state index in [1.54, 1.807) is 27.2 Å². The Labute approximate surface area is 161 Å². The molecule has 0 saturated heterocycles. The number of nitrogens with zero attached hydrogens (tertiary/aromatic N) is 1. The molecule has 1 amide bonds. The van der Waals surface area contributed by atoms with Gasteiger partial charge in [0, 0.05) is 23.7 Å². The first-order valence-corrected chi connectivity index (χ1v) is 9.30. The number of aromatic nitrogens is 2. The lowest BCUT2D eigenvalue weighted by atomic mass is 10.1. The molecule has 0 spiro atoms. The minimum absolute atomic E-state index is 0.0847. The number of carbonyl (C=O) groups excluding carboxylic acids is 2. The zero-order valence-corrected chi connectivity index (χ0v) is 16.5. The number of hydrogen-bond acceptors (Lipinski definition) is 5. The molecular weight excluding hydrogens is 362 g/mol. The molecule has 2 aromatic heterocycles. The third-order valence-corrected chi connectivity index (χ3v) is 5.36. The molecule has 0 fully saturated rings. The van der Waals surface area contributed by atoms with Gasteiger partial charge in [0.25, 0.3) is 5.91 Å². The van der Waals surface area contributed by atoms with E-state index in [1.165, 1.54) is 18.3 Å². The van der Waals surface area contributed by atoms with Crippen molar-refractivity contribution in [3.05, 3.63) is 57.9 Å². The molecule has 0 bridgehead atoms. The van der Waals surface area contributed by atoms with Crippen molar-refractivity contribution in [2.75, 3.05) is 7.11 Å². The van der Waals surface area contributed by atoms with Crippen molar-refractivity contribution in [1.29, 1.82) is 0 Å². The Balaban J connectivity index is 1.74. The number of benzene rings is 1. The number of para-hydroxylation sites is 1. The molecule has 0 aliphatic heterocycles. The van der Waals surface area contributed by atoms with Crippen molar-refractivity contribution < 1.29 is 14.3 Å². The summed E-state index contributed by atoms with van der Waals surface area (Å²) in [5, 5.41) is 3.75. The fourth-order valence-corrected chi connectivity index (χ4v) is 3.92. The number of ketones is 1. The van der Waals surface area contributed by atoms with Crippen LogP contribution in [0.3, 0.4) is 0 Å². The molecular formula is C20H21N3O3S. The summed E-state index contributed by atoms with van der Waals surface area (Å²) in [6, 6.07) is 7.69. The average Bonchev–Trinajstić information content (AvgIpc) is 3.24. The van der Waals surface area contributed by atoms with Crippen LogP contribution in [0.25, 0.3) is 10.6 Å². The molecule has 1 aromatic carbocycles. The van der Waals surface area contributed by atoms with Gasteiger partial charge in [-0.3, -0.25) is 9.59 Å². The van der Waals surface area contributed by atoms with Crippen LogP contribution >= 0.6 is 11.3 Å². The Morgan fingerprint density at radius 2 is 2.00 bits per heavy atom. The second-order valence-electron chi connectivity index (χ2n) is 6.20. The highest BCUT2D eigenvalue weighted by Crippen LogP contribution is 2.32. The lowest BCUT2D eigenvalue weighted by Crippen LogP contribution is -2.23. The molecule has 0 saturated carbocycles. The summed E-state index contributed by atoms with van der Waals surface area (Å²) in [4.78, 5) is 32.6. The third kappa shape index (κ3) is 3.78. The third-order valence-electron chi connectivity index (χ3n) is 4.33. The van der Waals surface area contributed by atoms with Crippen LogP contribution < -0.4 is 10.1 Å². The van der Waals surface area contributed by atoms with Gasteiger partial charge in [0.2, 0.25) is 0 Å². The summed E-state index contributed by atoms with van der Waals surface area (Å²) in [5.41, 5.74) is 3.29. The Kier molecular flexibility index (Phi) is 5.41. The largest absolute Gasteiger partial charge is 0.496 e. The molecule has 7 heteroatoms. The van der Waals surface area contributed by atoms with E-state index in [2.05, 4.69) is 15.3 Å². The normalized spacial score (nSPS) is 10.7. The van der Waals surface area contributed by atoms with Crippen molar-refractivity contribution in [2.45, 2.75) is 27.3 Å². The monoisotopic (exact) mass is 383 g/mol. The highest BCUT2D eigenvalue weighted by atomic mass is 32.1. The molecule has 6 nitrogen and oxygen atoms in total. The summed E-state index contributed by atoms with van der Waals surface area (Å²) in [5.74, 6) is 0.470. The van der Waals surface area contributed by atoms with E-state index in [9.17, 15) is 9.59 Å². The van der Waals surface area contributed by atoms with Gasteiger partial charge >= 0.3 is 0 Å². The van der Waals surface area contributed by atoms with Gasteiger partial charge in [-0.1, -0.05) is 12.1 Å². The maximum absolute atomic E-state index is 12.6. The topological polar surface area (TPSA) is 84.1 Å². The minimum atomic E-state index is -0.207. The Hall–Kier alpha value is -2.93. The molecule has 140 valence electrons. The van der Waals surface area contributed by atoms with Crippen molar-refractivity contribution >= 4 is 23.0 Å². The van der Waals surface area contributed by atoms with E-state index < -0.39 is 0 Å². The number of carbonyl (C=O) groups is 2. The van der Waals surface area contributed by atoms with Crippen LogP contribution in [0.4, 0.5) is 0 Å². The van der Waals surface area contributed by atoms with Gasteiger partial charge in [0.05, 0.1) is 30.5 Å². The van der Waals surface area contributed by atoms with Crippen LogP contribution in [-0.2, 0) is 6.54 Å². The molecule has 0 unspecified atom stereocenters. The number of aryl methyl sites for hydroxylation is 1. The summed E-state index contributed by atoms with van der Waals surface area (Å²) in [6.45, 7) is 5.42. The summed E-state index contributed by atoms with van der Waals surface area (Å²) >= 11 is 1.50. The lowest BCUT2D eigenvalue weighted by Gasteiger charge is -2.05.